The molecule has 1 aromatic heterocycles. The number of nitrogens with zero attached hydrogens (tertiary/aromatic N) is 2. The van der Waals surface area contributed by atoms with Gasteiger partial charge in [-0.3, -0.25) is 0 Å². The van der Waals surface area contributed by atoms with Crippen molar-refractivity contribution in [3.8, 4) is 11.4 Å². The lowest BCUT2D eigenvalue weighted by Crippen LogP contribution is -2.06. The zero-order chi connectivity index (χ0) is 14.9. The molecule has 0 fully saturated rings. The van der Waals surface area contributed by atoms with Crippen molar-refractivity contribution in [3.63, 3.8) is 0 Å². The number of anilines is 1. The second-order valence-electron chi connectivity index (χ2n) is 4.66. The van der Waals surface area contributed by atoms with Gasteiger partial charge < -0.3 is 5.32 Å². The summed E-state index contributed by atoms with van der Waals surface area (Å²) in [4.78, 5) is 9.06. The Labute approximate surface area is 139 Å². The first-order valence-electron chi connectivity index (χ1n) is 6.14. The summed E-state index contributed by atoms with van der Waals surface area (Å²) in [5.41, 5.74) is 1.62. The number of hydrogen-bond donors (Lipinski definition) is 1. The standard InChI is InChI=1S/C14H14BrFIN3/c1-7(2)12-11(17)14(18-3)20-13(19-12)8-4-9(15)6-10(16)5-8/h4-7H,1-3H3,(H,18,19,20). The molecule has 0 saturated carbocycles. The summed E-state index contributed by atoms with van der Waals surface area (Å²) in [6, 6.07) is 4.67. The average molecular weight is 450 g/mol. The lowest BCUT2D eigenvalue weighted by molar-refractivity contribution is 0.627. The molecule has 1 N–H and O–H groups in total. The molecule has 2 rings (SSSR count). The number of halogens is 3. The molecule has 0 saturated heterocycles. The molecule has 0 aliphatic carbocycles. The zero-order valence-corrected chi connectivity index (χ0v) is 15.1. The van der Waals surface area contributed by atoms with Gasteiger partial charge in [-0.05, 0) is 46.7 Å². The van der Waals surface area contributed by atoms with Crippen LogP contribution < -0.4 is 5.32 Å². The molecule has 0 amide bonds. The minimum absolute atomic E-state index is 0.271. The van der Waals surface area contributed by atoms with E-state index in [0.717, 1.165) is 15.1 Å². The van der Waals surface area contributed by atoms with Gasteiger partial charge >= 0.3 is 0 Å². The third-order valence-corrected chi connectivity index (χ3v) is 4.30. The topological polar surface area (TPSA) is 37.8 Å². The van der Waals surface area contributed by atoms with E-state index in [0.29, 0.717) is 15.9 Å². The minimum Gasteiger partial charge on any atom is -0.372 e. The zero-order valence-electron chi connectivity index (χ0n) is 11.3. The van der Waals surface area contributed by atoms with Crippen molar-refractivity contribution in [2.45, 2.75) is 19.8 Å². The van der Waals surface area contributed by atoms with Crippen LogP contribution in [0.4, 0.5) is 10.2 Å². The van der Waals surface area contributed by atoms with E-state index in [1.165, 1.54) is 12.1 Å². The first-order chi connectivity index (χ1) is 9.42. The third kappa shape index (κ3) is 3.28. The van der Waals surface area contributed by atoms with Gasteiger partial charge in [0.2, 0.25) is 0 Å². The Morgan fingerprint density at radius 1 is 1.25 bits per heavy atom. The van der Waals surface area contributed by atoms with Crippen molar-refractivity contribution in [2.24, 2.45) is 0 Å². The Morgan fingerprint density at radius 3 is 2.50 bits per heavy atom. The number of benzene rings is 1. The Hall–Kier alpha value is -0.760. The first kappa shape index (κ1) is 15.6. The molecule has 0 aliphatic heterocycles. The van der Waals surface area contributed by atoms with Crippen LogP contribution in [0, 0.1) is 9.39 Å². The molecular formula is C14H14BrFIN3. The number of rotatable bonds is 3. The summed E-state index contributed by atoms with van der Waals surface area (Å²) in [7, 11) is 1.82. The molecule has 0 aliphatic rings. The SMILES string of the molecule is CNc1nc(-c2cc(F)cc(Br)c2)nc(C(C)C)c1I. The van der Waals surface area contributed by atoms with Crippen LogP contribution in [-0.4, -0.2) is 17.0 Å². The molecule has 0 radical (unpaired) electrons. The van der Waals surface area contributed by atoms with E-state index in [9.17, 15) is 4.39 Å². The Balaban J connectivity index is 2.64. The van der Waals surface area contributed by atoms with Crippen LogP contribution in [0.3, 0.4) is 0 Å². The molecule has 20 heavy (non-hydrogen) atoms. The second-order valence-corrected chi connectivity index (χ2v) is 6.65. The van der Waals surface area contributed by atoms with Crippen molar-refractivity contribution in [1.82, 2.24) is 9.97 Å². The van der Waals surface area contributed by atoms with Crippen LogP contribution >= 0.6 is 38.5 Å². The van der Waals surface area contributed by atoms with Crippen LogP contribution in [-0.2, 0) is 0 Å². The highest BCUT2D eigenvalue weighted by molar-refractivity contribution is 14.1. The van der Waals surface area contributed by atoms with Gasteiger partial charge in [0.25, 0.3) is 0 Å². The van der Waals surface area contributed by atoms with Gasteiger partial charge in [0.05, 0.1) is 9.26 Å². The molecule has 3 nitrogen and oxygen atoms in total. The summed E-state index contributed by atoms with van der Waals surface area (Å²) in [5, 5.41) is 3.07. The van der Waals surface area contributed by atoms with E-state index in [1.807, 2.05) is 13.1 Å². The minimum atomic E-state index is -0.311. The Kier molecular flexibility index (Phi) is 4.95. The van der Waals surface area contributed by atoms with E-state index >= 15 is 0 Å². The van der Waals surface area contributed by atoms with Gasteiger partial charge in [0.15, 0.2) is 5.82 Å². The summed E-state index contributed by atoms with van der Waals surface area (Å²) in [6.07, 6.45) is 0. The smallest absolute Gasteiger partial charge is 0.161 e. The highest BCUT2D eigenvalue weighted by Crippen LogP contribution is 2.29. The summed E-state index contributed by atoms with van der Waals surface area (Å²) < 4.78 is 15.2. The molecule has 0 unspecified atom stereocenters. The Bertz CT molecular complexity index is 626. The van der Waals surface area contributed by atoms with Gasteiger partial charge in [0.1, 0.15) is 11.6 Å². The normalized spacial score (nSPS) is 10.9. The maximum atomic E-state index is 13.5. The maximum Gasteiger partial charge on any atom is 0.161 e. The molecule has 1 aromatic carbocycles. The van der Waals surface area contributed by atoms with Gasteiger partial charge in [-0.1, -0.05) is 29.8 Å². The van der Waals surface area contributed by atoms with Gasteiger partial charge in [-0.25, -0.2) is 14.4 Å². The van der Waals surface area contributed by atoms with Gasteiger partial charge in [-0.2, -0.15) is 0 Å². The lowest BCUT2D eigenvalue weighted by atomic mass is 10.1. The average Bonchev–Trinajstić information content (AvgIpc) is 2.37. The van der Waals surface area contributed by atoms with Crippen LogP contribution in [0.1, 0.15) is 25.5 Å². The van der Waals surface area contributed by atoms with Gasteiger partial charge in [-0.15, -0.1) is 0 Å². The summed E-state index contributed by atoms with van der Waals surface area (Å²) in [5.74, 6) is 1.25. The molecule has 1 heterocycles. The predicted molar refractivity (Wildman–Crippen MR) is 91.5 cm³/mol. The van der Waals surface area contributed by atoms with E-state index in [4.69, 9.17) is 0 Å². The van der Waals surface area contributed by atoms with Crippen LogP contribution in [0.5, 0.6) is 0 Å². The van der Waals surface area contributed by atoms with E-state index in [2.05, 4.69) is 67.7 Å². The quantitative estimate of drug-likeness (QED) is 0.683. The largest absolute Gasteiger partial charge is 0.372 e. The fraction of sp³-hybridized carbons (Fsp3) is 0.286. The van der Waals surface area contributed by atoms with Gasteiger partial charge in [0, 0.05) is 17.1 Å². The summed E-state index contributed by atoms with van der Waals surface area (Å²) >= 11 is 5.53. The molecular weight excluding hydrogens is 436 g/mol. The second kappa shape index (κ2) is 6.34. The number of aromatic nitrogens is 2. The molecule has 0 atom stereocenters. The molecule has 106 valence electrons. The van der Waals surface area contributed by atoms with Crippen molar-refractivity contribution >= 4 is 44.3 Å². The molecule has 0 spiro atoms. The highest BCUT2D eigenvalue weighted by atomic mass is 127. The van der Waals surface area contributed by atoms with Crippen molar-refractivity contribution in [3.05, 3.63) is 37.8 Å². The maximum absolute atomic E-state index is 13.5. The van der Waals surface area contributed by atoms with Crippen molar-refractivity contribution in [2.75, 3.05) is 12.4 Å². The fourth-order valence-corrected chi connectivity index (χ4v) is 3.42. The van der Waals surface area contributed by atoms with Crippen molar-refractivity contribution < 1.29 is 4.39 Å². The lowest BCUT2D eigenvalue weighted by Gasteiger charge is -2.13. The van der Waals surface area contributed by atoms with Crippen LogP contribution in [0.25, 0.3) is 11.4 Å². The molecule has 0 bridgehead atoms. The molecule has 6 heteroatoms. The fourth-order valence-electron chi connectivity index (χ4n) is 1.82. The first-order valence-corrected chi connectivity index (χ1v) is 8.01. The Morgan fingerprint density at radius 2 is 1.95 bits per heavy atom. The van der Waals surface area contributed by atoms with Crippen LogP contribution in [0.2, 0.25) is 0 Å². The molecule has 2 aromatic rings. The predicted octanol–water partition coefficient (Wildman–Crippen LogP) is 4.81. The third-order valence-electron chi connectivity index (χ3n) is 2.78. The van der Waals surface area contributed by atoms with E-state index in [1.54, 1.807) is 0 Å². The summed E-state index contributed by atoms with van der Waals surface area (Å²) in [6.45, 7) is 4.16. The van der Waals surface area contributed by atoms with E-state index in [-0.39, 0.29) is 11.7 Å². The van der Waals surface area contributed by atoms with Crippen molar-refractivity contribution in [1.29, 1.82) is 0 Å². The highest BCUT2D eigenvalue weighted by Gasteiger charge is 2.15. The monoisotopic (exact) mass is 449 g/mol. The van der Waals surface area contributed by atoms with Crippen LogP contribution in [0.15, 0.2) is 22.7 Å². The number of nitrogens with one attached hydrogen (secondary N) is 1. The van der Waals surface area contributed by atoms with E-state index < -0.39 is 0 Å². The number of hydrogen-bond acceptors (Lipinski definition) is 3.